The third-order valence-electron chi connectivity index (χ3n) is 19.5. The summed E-state index contributed by atoms with van der Waals surface area (Å²) in [5.41, 5.74) is -3.58. The third kappa shape index (κ3) is 6.93. The molecule has 9 rings (SSSR count). The standard InChI is InChI=1S/C46H76O18/c1-40(2)26(62-38-33(56)29(52)22(50)18-59-38)9-11-46-19-45(46)13-12-42(5)35(44(7)10-8-27(63-44)41(3,4)64-39-34(57)31(54)30(53)24(16-47)61-39)20(48)15-43(42,6)25(45)14-23(36(40)46)60-37-32(55)28(51)21(49)17-58-37/h20-39,47-57H,8-19H2,1-7H3. The van der Waals surface area contributed by atoms with Crippen molar-refractivity contribution in [3.05, 3.63) is 0 Å². The van der Waals surface area contributed by atoms with Gasteiger partial charge < -0.3 is 89.3 Å². The van der Waals surface area contributed by atoms with E-state index in [9.17, 15) is 56.2 Å². The van der Waals surface area contributed by atoms with Crippen molar-refractivity contribution < 1.29 is 89.3 Å². The number of ether oxygens (including phenoxy) is 7. The molecule has 18 nitrogen and oxygen atoms in total. The maximum absolute atomic E-state index is 12.5. The lowest BCUT2D eigenvalue weighted by Gasteiger charge is -2.65. The minimum Gasteiger partial charge on any atom is -0.394 e. The van der Waals surface area contributed by atoms with Gasteiger partial charge in [0, 0.05) is 5.92 Å². The second-order valence-electron chi connectivity index (χ2n) is 23.4. The average molecular weight is 917 g/mol. The van der Waals surface area contributed by atoms with Crippen molar-refractivity contribution >= 4 is 0 Å². The largest absolute Gasteiger partial charge is 0.394 e. The molecule has 2 spiro atoms. The molecule has 9 fully saturated rings. The van der Waals surface area contributed by atoms with Gasteiger partial charge in [-0.1, -0.05) is 27.7 Å². The SMILES string of the molecule is CC(C)(OC1OC(CO)C(O)C(O)C1O)C1CCC(C)(C2C(O)CC3(C)C4CC(OC5OCC(O)C(O)C5O)C5C(C)(C)C(OC6OCC(O)C(O)C6O)CCC56CC46CCC23C)O1. The highest BCUT2D eigenvalue weighted by Gasteiger charge is 2.85. The van der Waals surface area contributed by atoms with Crippen molar-refractivity contribution in [2.24, 2.45) is 44.8 Å². The Kier molecular flexibility index (Phi) is 12.2. The van der Waals surface area contributed by atoms with E-state index in [1.807, 2.05) is 13.8 Å². The topological polar surface area (TPSA) is 287 Å². The van der Waals surface area contributed by atoms with Crippen molar-refractivity contribution in [3.63, 3.8) is 0 Å². The normalized spacial score (nSPS) is 58.2. The number of hydrogen-bond donors (Lipinski definition) is 11. The lowest BCUT2D eigenvalue weighted by atomic mass is 9.41. The van der Waals surface area contributed by atoms with Crippen molar-refractivity contribution in [1.29, 1.82) is 0 Å². The number of aliphatic hydroxyl groups is 11. The minimum absolute atomic E-state index is 0.0658. The summed E-state index contributed by atoms with van der Waals surface area (Å²) in [6, 6.07) is 0. The fraction of sp³-hybridized carbons (Fsp3) is 1.00. The van der Waals surface area contributed by atoms with Crippen LogP contribution in [0.1, 0.15) is 106 Å². The lowest BCUT2D eigenvalue weighted by Crippen LogP contribution is -2.64. The first kappa shape index (κ1) is 48.3. The van der Waals surface area contributed by atoms with Gasteiger partial charge in [-0.05, 0) is 117 Å². The summed E-state index contributed by atoms with van der Waals surface area (Å²) in [6.07, 6.45) is -13.7. The molecule has 0 amide bonds. The van der Waals surface area contributed by atoms with Crippen LogP contribution in [0.4, 0.5) is 0 Å². The molecule has 4 aliphatic heterocycles. The second kappa shape index (κ2) is 16.2. The summed E-state index contributed by atoms with van der Waals surface area (Å²) < 4.78 is 44.2. The van der Waals surface area contributed by atoms with Crippen LogP contribution in [0.25, 0.3) is 0 Å². The highest BCUT2D eigenvalue weighted by atomic mass is 16.7. The van der Waals surface area contributed by atoms with Gasteiger partial charge in [-0.15, -0.1) is 0 Å². The van der Waals surface area contributed by atoms with Crippen LogP contribution >= 0.6 is 0 Å². The number of aliphatic hydroxyl groups excluding tert-OH is 11. The molecule has 64 heavy (non-hydrogen) atoms. The fourth-order valence-electron chi connectivity index (χ4n) is 16.1. The molecule has 9 aliphatic rings. The summed E-state index contributed by atoms with van der Waals surface area (Å²) in [4.78, 5) is 0. The van der Waals surface area contributed by atoms with E-state index in [-0.39, 0.29) is 41.8 Å². The highest BCUT2D eigenvalue weighted by Crippen LogP contribution is 2.89. The molecular formula is C46H76O18. The van der Waals surface area contributed by atoms with Crippen molar-refractivity contribution in [2.45, 2.75) is 222 Å². The first-order chi connectivity index (χ1) is 29.8. The molecular weight excluding hydrogens is 840 g/mol. The van der Waals surface area contributed by atoms with Gasteiger partial charge in [-0.25, -0.2) is 0 Å². The van der Waals surface area contributed by atoms with E-state index in [1.54, 1.807) is 0 Å². The fourth-order valence-corrected chi connectivity index (χ4v) is 16.1. The Labute approximate surface area is 375 Å². The predicted octanol–water partition coefficient (Wildman–Crippen LogP) is -0.813. The van der Waals surface area contributed by atoms with E-state index >= 15 is 0 Å². The van der Waals surface area contributed by atoms with E-state index in [4.69, 9.17) is 33.2 Å². The molecule has 0 aromatic rings. The Morgan fingerprint density at radius 1 is 0.609 bits per heavy atom. The zero-order valence-electron chi connectivity index (χ0n) is 38.3. The zero-order valence-corrected chi connectivity index (χ0v) is 38.3. The van der Waals surface area contributed by atoms with Crippen molar-refractivity contribution in [1.82, 2.24) is 0 Å². The average Bonchev–Trinajstić information content (AvgIpc) is 3.60. The molecule has 4 saturated heterocycles. The summed E-state index contributed by atoms with van der Waals surface area (Å²) in [5.74, 6) is -0.363. The van der Waals surface area contributed by atoms with E-state index in [0.717, 1.165) is 25.7 Å². The molecule has 0 aromatic carbocycles. The smallest absolute Gasteiger partial charge is 0.187 e. The Balaban J connectivity index is 0.994. The number of rotatable bonds is 9. The summed E-state index contributed by atoms with van der Waals surface area (Å²) in [7, 11) is 0. The van der Waals surface area contributed by atoms with Gasteiger partial charge in [0.1, 0.15) is 61.0 Å². The van der Waals surface area contributed by atoms with E-state index in [1.165, 1.54) is 0 Å². The molecule has 0 radical (unpaired) electrons. The number of fused-ring (bicyclic) bond motifs is 2. The van der Waals surface area contributed by atoms with Crippen LogP contribution in [-0.4, -0.2) is 192 Å². The van der Waals surface area contributed by atoms with Crippen LogP contribution in [0, 0.1) is 44.8 Å². The Morgan fingerprint density at radius 2 is 1.22 bits per heavy atom. The minimum atomic E-state index is -1.59. The van der Waals surface area contributed by atoms with Crippen LogP contribution in [-0.2, 0) is 33.2 Å². The van der Waals surface area contributed by atoms with Crippen LogP contribution in [0.2, 0.25) is 0 Å². The molecule has 4 heterocycles. The molecule has 0 bridgehead atoms. The van der Waals surface area contributed by atoms with Crippen LogP contribution < -0.4 is 0 Å². The van der Waals surface area contributed by atoms with Gasteiger partial charge in [0.05, 0.1) is 55.4 Å². The van der Waals surface area contributed by atoms with Gasteiger partial charge >= 0.3 is 0 Å². The van der Waals surface area contributed by atoms with Crippen LogP contribution in [0.5, 0.6) is 0 Å². The third-order valence-corrected chi connectivity index (χ3v) is 19.5. The van der Waals surface area contributed by atoms with Crippen LogP contribution in [0.3, 0.4) is 0 Å². The Morgan fingerprint density at radius 3 is 1.84 bits per heavy atom. The molecule has 5 aliphatic carbocycles. The molecule has 11 N–H and O–H groups in total. The second-order valence-corrected chi connectivity index (χ2v) is 23.4. The molecule has 25 atom stereocenters. The van der Waals surface area contributed by atoms with Gasteiger partial charge in [-0.3, -0.25) is 0 Å². The number of hydrogen-bond acceptors (Lipinski definition) is 18. The molecule has 18 heteroatoms. The van der Waals surface area contributed by atoms with Crippen LogP contribution in [0.15, 0.2) is 0 Å². The lowest BCUT2D eigenvalue weighted by molar-refractivity contribution is -0.335. The van der Waals surface area contributed by atoms with E-state index in [2.05, 4.69) is 34.6 Å². The summed E-state index contributed by atoms with van der Waals surface area (Å²) in [6.45, 7) is 13.6. The van der Waals surface area contributed by atoms with Gasteiger partial charge in [0.2, 0.25) is 0 Å². The van der Waals surface area contributed by atoms with Gasteiger partial charge in [0.25, 0.3) is 0 Å². The van der Waals surface area contributed by atoms with Crippen molar-refractivity contribution in [2.75, 3.05) is 19.8 Å². The van der Waals surface area contributed by atoms with Gasteiger partial charge in [-0.2, -0.15) is 0 Å². The summed E-state index contributed by atoms with van der Waals surface area (Å²) >= 11 is 0. The summed E-state index contributed by atoms with van der Waals surface area (Å²) in [5, 5.41) is 118. The first-order valence-corrected chi connectivity index (χ1v) is 23.8. The molecule has 0 aromatic heterocycles. The Bertz CT molecular complexity index is 1720. The van der Waals surface area contributed by atoms with E-state index in [0.29, 0.717) is 32.1 Å². The molecule has 25 unspecified atom stereocenters. The first-order valence-electron chi connectivity index (χ1n) is 23.8. The molecule has 5 saturated carbocycles. The predicted molar refractivity (Wildman–Crippen MR) is 220 cm³/mol. The molecule has 368 valence electrons. The highest BCUT2D eigenvalue weighted by molar-refractivity contribution is 5.33. The van der Waals surface area contributed by atoms with E-state index < -0.39 is 138 Å². The van der Waals surface area contributed by atoms with Crippen molar-refractivity contribution in [3.8, 4) is 0 Å². The zero-order chi connectivity index (χ0) is 46.5. The maximum atomic E-state index is 12.5. The maximum Gasteiger partial charge on any atom is 0.187 e. The quantitative estimate of drug-likeness (QED) is 0.126. The van der Waals surface area contributed by atoms with Gasteiger partial charge in [0.15, 0.2) is 18.9 Å². The Hall–Kier alpha value is -0.720. The monoisotopic (exact) mass is 917 g/mol.